The number of guanidine groups is 1. The molecule has 8 heteroatoms. The number of carbonyl (C=O) groups is 1. The van der Waals surface area contributed by atoms with Gasteiger partial charge in [-0.05, 0) is 44.2 Å². The normalized spacial score (nSPS) is 19.8. The van der Waals surface area contributed by atoms with Crippen LogP contribution in [0.15, 0.2) is 29.3 Å². The zero-order chi connectivity index (χ0) is 21.1. The molecule has 0 spiro atoms. The number of ether oxygens (including phenoxy) is 1. The number of alkyl halides is 3. The molecule has 0 radical (unpaired) electrons. The Morgan fingerprint density at radius 1 is 1.31 bits per heavy atom. The van der Waals surface area contributed by atoms with Crippen LogP contribution in [0, 0.1) is 5.92 Å². The zero-order valence-corrected chi connectivity index (χ0v) is 16.9. The van der Waals surface area contributed by atoms with Crippen LogP contribution in [0.3, 0.4) is 0 Å². The maximum atomic E-state index is 13.1. The molecule has 3 rings (SSSR count). The highest BCUT2D eigenvalue weighted by molar-refractivity contribution is 5.80. The molecule has 1 saturated carbocycles. The fourth-order valence-corrected chi connectivity index (χ4v) is 3.91. The van der Waals surface area contributed by atoms with Gasteiger partial charge in [0.15, 0.2) is 5.96 Å². The first-order valence-electron chi connectivity index (χ1n) is 10.1. The van der Waals surface area contributed by atoms with Crippen molar-refractivity contribution in [3.05, 3.63) is 35.4 Å². The van der Waals surface area contributed by atoms with E-state index in [2.05, 4.69) is 15.2 Å². The summed E-state index contributed by atoms with van der Waals surface area (Å²) in [4.78, 5) is 18.3. The Morgan fingerprint density at radius 2 is 2.00 bits per heavy atom. The van der Waals surface area contributed by atoms with Crippen molar-refractivity contribution < 1.29 is 22.7 Å². The molecule has 2 aliphatic rings. The largest absolute Gasteiger partial charge is 0.466 e. The number of piperidine rings is 1. The van der Waals surface area contributed by atoms with E-state index in [0.29, 0.717) is 39.1 Å². The Bertz CT molecular complexity index is 752. The SMILES string of the molecule is CCOC(=O)C1CCN(C(=NC)NCC2(c3cccc(C(F)(F)F)c3)CC2)CC1. The van der Waals surface area contributed by atoms with Crippen LogP contribution in [0.1, 0.15) is 43.7 Å². The molecule has 0 bridgehead atoms. The fraction of sp³-hybridized carbons (Fsp3) is 0.619. The van der Waals surface area contributed by atoms with Crippen molar-refractivity contribution in [2.24, 2.45) is 10.9 Å². The molecule has 0 atom stereocenters. The van der Waals surface area contributed by atoms with Crippen molar-refractivity contribution in [2.45, 2.75) is 44.2 Å². The van der Waals surface area contributed by atoms with Crippen molar-refractivity contribution in [2.75, 3.05) is 33.3 Å². The van der Waals surface area contributed by atoms with Gasteiger partial charge in [-0.1, -0.05) is 18.2 Å². The summed E-state index contributed by atoms with van der Waals surface area (Å²) < 4.78 is 44.3. The van der Waals surface area contributed by atoms with E-state index >= 15 is 0 Å². The molecule has 160 valence electrons. The second kappa shape index (κ2) is 8.63. The first kappa shape index (κ1) is 21.5. The molecule has 1 saturated heterocycles. The Morgan fingerprint density at radius 3 is 2.55 bits per heavy atom. The molecule has 1 heterocycles. The number of halogens is 3. The highest BCUT2D eigenvalue weighted by Crippen LogP contribution is 2.48. The molecular formula is C21H28F3N3O2. The number of rotatable bonds is 5. The molecule has 29 heavy (non-hydrogen) atoms. The molecule has 5 nitrogen and oxygen atoms in total. The number of likely N-dealkylation sites (tertiary alicyclic amines) is 1. The molecular weight excluding hydrogens is 383 g/mol. The molecule has 2 fully saturated rings. The lowest BCUT2D eigenvalue weighted by Gasteiger charge is -2.34. The summed E-state index contributed by atoms with van der Waals surface area (Å²) in [7, 11) is 1.70. The van der Waals surface area contributed by atoms with Crippen LogP contribution in [0.5, 0.6) is 0 Å². The summed E-state index contributed by atoms with van der Waals surface area (Å²) in [6, 6.07) is 5.63. The first-order chi connectivity index (χ1) is 13.8. The lowest BCUT2D eigenvalue weighted by atomic mass is 9.94. The van der Waals surface area contributed by atoms with Gasteiger partial charge in [0.05, 0.1) is 18.1 Å². The number of nitrogens with one attached hydrogen (secondary N) is 1. The molecule has 1 aromatic rings. The van der Waals surface area contributed by atoms with E-state index in [-0.39, 0.29) is 17.3 Å². The maximum absolute atomic E-state index is 13.1. The van der Waals surface area contributed by atoms with Crippen LogP contribution >= 0.6 is 0 Å². The molecule has 0 unspecified atom stereocenters. The highest BCUT2D eigenvalue weighted by atomic mass is 19.4. The lowest BCUT2D eigenvalue weighted by molar-refractivity contribution is -0.149. The smallest absolute Gasteiger partial charge is 0.416 e. The molecule has 0 aromatic heterocycles. The summed E-state index contributed by atoms with van der Waals surface area (Å²) in [5.41, 5.74) is -0.163. The highest BCUT2D eigenvalue weighted by Gasteiger charge is 2.45. The number of hydrogen-bond donors (Lipinski definition) is 1. The van der Waals surface area contributed by atoms with Gasteiger partial charge in [-0.25, -0.2) is 0 Å². The third kappa shape index (κ3) is 5.03. The van der Waals surface area contributed by atoms with E-state index in [9.17, 15) is 18.0 Å². The number of carbonyl (C=O) groups excluding carboxylic acids is 1. The van der Waals surface area contributed by atoms with Gasteiger partial charge in [-0.15, -0.1) is 0 Å². The van der Waals surface area contributed by atoms with Gasteiger partial charge in [-0.3, -0.25) is 9.79 Å². The molecule has 1 N–H and O–H groups in total. The predicted octanol–water partition coefficient (Wildman–Crippen LogP) is 3.59. The number of benzene rings is 1. The maximum Gasteiger partial charge on any atom is 0.416 e. The minimum atomic E-state index is -4.33. The standard InChI is InChI=1S/C21H28F3N3O2/c1-3-29-18(28)15-7-11-27(12-8-15)19(25-2)26-14-20(9-10-20)16-5-4-6-17(13-16)21(22,23)24/h4-6,13,15H,3,7-12,14H2,1-2H3,(H,25,26). The minimum Gasteiger partial charge on any atom is -0.466 e. The van der Waals surface area contributed by atoms with Crippen molar-refractivity contribution in [3.63, 3.8) is 0 Å². The summed E-state index contributed by atoms with van der Waals surface area (Å²) >= 11 is 0. The quantitative estimate of drug-likeness (QED) is 0.457. The monoisotopic (exact) mass is 411 g/mol. The molecule has 1 aliphatic heterocycles. The van der Waals surface area contributed by atoms with E-state index in [1.807, 2.05) is 0 Å². The van der Waals surface area contributed by atoms with Gasteiger partial charge in [-0.2, -0.15) is 13.2 Å². The van der Waals surface area contributed by atoms with Gasteiger partial charge < -0.3 is 15.0 Å². The van der Waals surface area contributed by atoms with Gasteiger partial charge in [0.2, 0.25) is 0 Å². The van der Waals surface area contributed by atoms with E-state index < -0.39 is 11.7 Å². The van der Waals surface area contributed by atoms with Gasteiger partial charge >= 0.3 is 12.1 Å². The van der Waals surface area contributed by atoms with E-state index in [1.165, 1.54) is 12.1 Å². The van der Waals surface area contributed by atoms with Crippen LogP contribution in [-0.2, 0) is 21.1 Å². The van der Waals surface area contributed by atoms with Crippen LogP contribution in [0.25, 0.3) is 0 Å². The summed E-state index contributed by atoms with van der Waals surface area (Å²) in [6.07, 6.45) is -1.22. The third-order valence-corrected chi connectivity index (χ3v) is 5.87. The van der Waals surface area contributed by atoms with Crippen LogP contribution in [0.2, 0.25) is 0 Å². The lowest BCUT2D eigenvalue weighted by Crippen LogP contribution is -2.48. The van der Waals surface area contributed by atoms with Gasteiger partial charge in [0.25, 0.3) is 0 Å². The van der Waals surface area contributed by atoms with E-state index in [0.717, 1.165) is 30.4 Å². The number of aliphatic imine (C=N–C) groups is 1. The average molecular weight is 411 g/mol. The zero-order valence-electron chi connectivity index (χ0n) is 16.9. The van der Waals surface area contributed by atoms with Gasteiger partial charge in [0, 0.05) is 32.1 Å². The van der Waals surface area contributed by atoms with Crippen LogP contribution in [-0.4, -0.2) is 50.1 Å². The topological polar surface area (TPSA) is 53.9 Å². The van der Waals surface area contributed by atoms with Crippen molar-refractivity contribution in [3.8, 4) is 0 Å². The number of hydrogen-bond acceptors (Lipinski definition) is 3. The summed E-state index contributed by atoms with van der Waals surface area (Å²) in [5, 5.41) is 3.35. The Balaban J connectivity index is 1.58. The first-order valence-corrected chi connectivity index (χ1v) is 10.1. The number of esters is 1. The summed E-state index contributed by atoms with van der Waals surface area (Å²) in [6.45, 7) is 4.12. The molecule has 0 amide bonds. The van der Waals surface area contributed by atoms with Crippen molar-refractivity contribution in [1.29, 1.82) is 0 Å². The second-order valence-electron chi connectivity index (χ2n) is 7.77. The van der Waals surface area contributed by atoms with Crippen LogP contribution in [0.4, 0.5) is 13.2 Å². The van der Waals surface area contributed by atoms with E-state index in [4.69, 9.17) is 4.74 Å². The Labute approximate surface area is 169 Å². The van der Waals surface area contributed by atoms with E-state index in [1.54, 1.807) is 20.0 Å². The van der Waals surface area contributed by atoms with Gasteiger partial charge in [0.1, 0.15) is 0 Å². The van der Waals surface area contributed by atoms with Crippen molar-refractivity contribution in [1.82, 2.24) is 10.2 Å². The summed E-state index contributed by atoms with van der Waals surface area (Å²) in [5.74, 6) is 0.506. The Kier molecular flexibility index (Phi) is 6.39. The van der Waals surface area contributed by atoms with Crippen molar-refractivity contribution >= 4 is 11.9 Å². The minimum absolute atomic E-state index is 0.0795. The fourth-order valence-electron chi connectivity index (χ4n) is 3.91. The molecule has 1 aliphatic carbocycles. The Hall–Kier alpha value is -2.25. The average Bonchev–Trinajstić information content (AvgIpc) is 3.50. The third-order valence-electron chi connectivity index (χ3n) is 5.87. The number of nitrogens with zero attached hydrogens (tertiary/aromatic N) is 2. The predicted molar refractivity (Wildman–Crippen MR) is 105 cm³/mol. The second-order valence-corrected chi connectivity index (χ2v) is 7.77. The van der Waals surface area contributed by atoms with Crippen LogP contribution < -0.4 is 5.32 Å². The molecule has 1 aromatic carbocycles.